The number of aromatic nitrogens is 2. The van der Waals surface area contributed by atoms with Gasteiger partial charge in [0.05, 0.1) is 5.69 Å². The van der Waals surface area contributed by atoms with E-state index in [0.29, 0.717) is 6.04 Å². The van der Waals surface area contributed by atoms with Gasteiger partial charge in [0.25, 0.3) is 0 Å². The lowest BCUT2D eigenvalue weighted by molar-refractivity contribution is 0.607. The molecule has 0 saturated heterocycles. The third-order valence-electron chi connectivity index (χ3n) is 3.39. The molecule has 0 bridgehead atoms. The van der Waals surface area contributed by atoms with Crippen LogP contribution in [0.2, 0.25) is 0 Å². The first-order chi connectivity index (χ1) is 9.02. The lowest BCUT2D eigenvalue weighted by Crippen LogP contribution is -2.07. The van der Waals surface area contributed by atoms with Crippen LogP contribution in [0.15, 0.2) is 24.4 Å². The molecule has 3 heteroatoms. The van der Waals surface area contributed by atoms with Crippen molar-refractivity contribution in [2.75, 3.05) is 5.32 Å². The highest BCUT2D eigenvalue weighted by Gasteiger charge is 2.11. The number of anilines is 2. The fourth-order valence-corrected chi connectivity index (χ4v) is 2.32. The molecule has 1 heterocycles. The predicted octanol–water partition coefficient (Wildman–Crippen LogP) is 4.39. The van der Waals surface area contributed by atoms with E-state index in [1.54, 1.807) is 0 Å². The lowest BCUT2D eigenvalue weighted by atomic mass is 10.1. The third kappa shape index (κ3) is 2.80. The number of hydrogen-bond acceptors (Lipinski definition) is 2. The minimum atomic E-state index is 0.401. The molecule has 0 atom stereocenters. The number of nitrogens with zero attached hydrogens (tertiary/aromatic N) is 2. The van der Waals surface area contributed by atoms with Gasteiger partial charge in [-0.05, 0) is 45.2 Å². The summed E-state index contributed by atoms with van der Waals surface area (Å²) >= 11 is 0. The molecule has 0 aliphatic heterocycles. The fraction of sp³-hybridized carbons (Fsp3) is 0.438. The van der Waals surface area contributed by atoms with E-state index in [1.807, 2.05) is 6.92 Å². The second-order valence-electron chi connectivity index (χ2n) is 5.29. The number of imidazole rings is 1. The van der Waals surface area contributed by atoms with Crippen LogP contribution in [0.25, 0.3) is 0 Å². The van der Waals surface area contributed by atoms with Gasteiger partial charge >= 0.3 is 0 Å². The van der Waals surface area contributed by atoms with Crippen LogP contribution < -0.4 is 5.32 Å². The monoisotopic (exact) mass is 257 g/mol. The first-order valence-corrected chi connectivity index (χ1v) is 6.94. The zero-order valence-corrected chi connectivity index (χ0v) is 12.5. The molecule has 1 aromatic carbocycles. The van der Waals surface area contributed by atoms with E-state index >= 15 is 0 Å². The Labute approximate surface area is 115 Å². The van der Waals surface area contributed by atoms with E-state index < -0.39 is 0 Å². The van der Waals surface area contributed by atoms with E-state index in [0.717, 1.165) is 18.1 Å². The minimum absolute atomic E-state index is 0.401. The van der Waals surface area contributed by atoms with Crippen LogP contribution >= 0.6 is 0 Å². The molecule has 0 radical (unpaired) electrons. The predicted molar refractivity (Wildman–Crippen MR) is 81.2 cm³/mol. The summed E-state index contributed by atoms with van der Waals surface area (Å²) in [6.07, 6.45) is 3.11. The van der Waals surface area contributed by atoms with Gasteiger partial charge in [0, 0.05) is 17.9 Å². The maximum Gasteiger partial charge on any atom is 0.207 e. The molecule has 2 rings (SSSR count). The van der Waals surface area contributed by atoms with Crippen LogP contribution in [0.4, 0.5) is 11.6 Å². The standard InChI is InChI=1S/C16H23N3/c1-6-14-9-7-8-12(4)15(14)18-16-17-13(5)10-19(16)11(2)3/h7-11H,6H2,1-5H3,(H,17,18). The van der Waals surface area contributed by atoms with Gasteiger partial charge in [-0.25, -0.2) is 4.98 Å². The van der Waals surface area contributed by atoms with Crippen LogP contribution in [0.3, 0.4) is 0 Å². The molecule has 0 aliphatic carbocycles. The van der Waals surface area contributed by atoms with Crippen molar-refractivity contribution < 1.29 is 0 Å². The Hall–Kier alpha value is -1.77. The van der Waals surface area contributed by atoms with E-state index in [1.165, 1.54) is 16.8 Å². The summed E-state index contributed by atoms with van der Waals surface area (Å²) in [4.78, 5) is 4.60. The van der Waals surface area contributed by atoms with Gasteiger partial charge in [-0.2, -0.15) is 0 Å². The Morgan fingerprint density at radius 1 is 1.26 bits per heavy atom. The Bertz CT molecular complexity index is 567. The highest BCUT2D eigenvalue weighted by atomic mass is 15.2. The molecular weight excluding hydrogens is 234 g/mol. The van der Waals surface area contributed by atoms with Crippen molar-refractivity contribution in [3.05, 3.63) is 41.2 Å². The van der Waals surface area contributed by atoms with E-state index in [-0.39, 0.29) is 0 Å². The van der Waals surface area contributed by atoms with E-state index in [2.05, 4.69) is 67.0 Å². The zero-order chi connectivity index (χ0) is 14.0. The van der Waals surface area contributed by atoms with Crippen LogP contribution in [-0.2, 0) is 6.42 Å². The van der Waals surface area contributed by atoms with Gasteiger partial charge in [0.1, 0.15) is 0 Å². The lowest BCUT2D eigenvalue weighted by Gasteiger charge is -2.16. The second kappa shape index (κ2) is 5.47. The number of benzene rings is 1. The fourth-order valence-electron chi connectivity index (χ4n) is 2.32. The first kappa shape index (κ1) is 13.7. The maximum atomic E-state index is 4.60. The van der Waals surface area contributed by atoms with E-state index in [4.69, 9.17) is 0 Å². The average molecular weight is 257 g/mol. The van der Waals surface area contributed by atoms with Crippen molar-refractivity contribution in [3.63, 3.8) is 0 Å². The molecule has 0 aliphatic rings. The van der Waals surface area contributed by atoms with Crippen molar-refractivity contribution in [3.8, 4) is 0 Å². The summed E-state index contributed by atoms with van der Waals surface area (Å²) in [5.74, 6) is 0.927. The molecule has 0 saturated carbocycles. The average Bonchev–Trinajstić information content (AvgIpc) is 2.73. The summed E-state index contributed by atoms with van der Waals surface area (Å²) in [5, 5.41) is 3.51. The molecule has 3 nitrogen and oxygen atoms in total. The molecule has 0 spiro atoms. The molecule has 0 amide bonds. The second-order valence-corrected chi connectivity index (χ2v) is 5.29. The third-order valence-corrected chi connectivity index (χ3v) is 3.39. The summed E-state index contributed by atoms with van der Waals surface area (Å²) in [5.41, 5.74) is 4.83. The summed E-state index contributed by atoms with van der Waals surface area (Å²) in [7, 11) is 0. The Morgan fingerprint density at radius 2 is 2.00 bits per heavy atom. The van der Waals surface area contributed by atoms with Gasteiger partial charge in [0.15, 0.2) is 0 Å². The van der Waals surface area contributed by atoms with Crippen LogP contribution in [-0.4, -0.2) is 9.55 Å². The molecule has 102 valence electrons. The minimum Gasteiger partial charge on any atom is -0.325 e. The summed E-state index contributed by atoms with van der Waals surface area (Å²) in [6, 6.07) is 6.82. The summed E-state index contributed by atoms with van der Waals surface area (Å²) in [6.45, 7) is 10.7. The maximum absolute atomic E-state index is 4.60. The number of para-hydroxylation sites is 1. The van der Waals surface area contributed by atoms with E-state index in [9.17, 15) is 0 Å². The Kier molecular flexibility index (Phi) is 3.93. The number of rotatable bonds is 4. The number of aryl methyl sites for hydroxylation is 3. The summed E-state index contributed by atoms with van der Waals surface area (Å²) < 4.78 is 2.18. The zero-order valence-electron chi connectivity index (χ0n) is 12.5. The topological polar surface area (TPSA) is 29.9 Å². The highest BCUT2D eigenvalue weighted by molar-refractivity contribution is 5.63. The van der Waals surface area contributed by atoms with Gasteiger partial charge in [0.2, 0.25) is 5.95 Å². The molecule has 19 heavy (non-hydrogen) atoms. The van der Waals surface area contributed by atoms with Crippen molar-refractivity contribution in [2.24, 2.45) is 0 Å². The van der Waals surface area contributed by atoms with Crippen LogP contribution in [0.1, 0.15) is 43.6 Å². The Balaban J connectivity index is 2.41. The Morgan fingerprint density at radius 3 is 2.63 bits per heavy atom. The number of hydrogen-bond donors (Lipinski definition) is 1. The van der Waals surface area contributed by atoms with Gasteiger partial charge in [-0.3, -0.25) is 0 Å². The molecule has 0 fully saturated rings. The highest BCUT2D eigenvalue weighted by Crippen LogP contribution is 2.26. The molecule has 0 unspecified atom stereocenters. The number of nitrogens with one attached hydrogen (secondary N) is 1. The van der Waals surface area contributed by atoms with Gasteiger partial charge < -0.3 is 9.88 Å². The van der Waals surface area contributed by atoms with Crippen LogP contribution in [0, 0.1) is 13.8 Å². The molecule has 1 aromatic heterocycles. The quantitative estimate of drug-likeness (QED) is 0.880. The molecule has 2 aromatic rings. The normalized spacial score (nSPS) is 11.1. The van der Waals surface area contributed by atoms with Crippen molar-refractivity contribution in [2.45, 2.75) is 47.1 Å². The SMILES string of the molecule is CCc1cccc(C)c1Nc1nc(C)cn1C(C)C. The van der Waals surface area contributed by atoms with Crippen LogP contribution in [0.5, 0.6) is 0 Å². The van der Waals surface area contributed by atoms with Crippen molar-refractivity contribution in [1.29, 1.82) is 0 Å². The molecular formula is C16H23N3. The first-order valence-electron chi connectivity index (χ1n) is 6.94. The van der Waals surface area contributed by atoms with Gasteiger partial charge in [-0.1, -0.05) is 25.1 Å². The van der Waals surface area contributed by atoms with Crippen molar-refractivity contribution in [1.82, 2.24) is 9.55 Å². The molecule has 1 N–H and O–H groups in total. The largest absolute Gasteiger partial charge is 0.325 e. The van der Waals surface area contributed by atoms with Gasteiger partial charge in [-0.15, -0.1) is 0 Å². The smallest absolute Gasteiger partial charge is 0.207 e. The van der Waals surface area contributed by atoms with Crippen molar-refractivity contribution >= 4 is 11.6 Å².